The first-order valence-electron chi connectivity index (χ1n) is 11.9. The number of H-pyrrole nitrogens is 3. The molecule has 3 aromatic rings. The fourth-order valence-electron chi connectivity index (χ4n) is 3.70. The molecule has 204 valence electrons. The lowest BCUT2D eigenvalue weighted by Crippen LogP contribution is -2.58. The highest BCUT2D eigenvalue weighted by Crippen LogP contribution is 2.07. The largest absolute Gasteiger partial charge is 0.480 e. The Balaban J connectivity index is 1.77. The third-order valence-electron chi connectivity index (χ3n) is 5.79. The highest BCUT2D eigenvalue weighted by atomic mass is 16.4. The van der Waals surface area contributed by atoms with Crippen LogP contribution >= 0.6 is 0 Å². The van der Waals surface area contributed by atoms with Gasteiger partial charge in [-0.15, -0.1) is 0 Å². The molecule has 0 saturated carbocycles. The van der Waals surface area contributed by atoms with Crippen molar-refractivity contribution in [2.75, 3.05) is 0 Å². The summed E-state index contributed by atoms with van der Waals surface area (Å²) in [4.78, 5) is 71.4. The van der Waals surface area contributed by atoms with Crippen LogP contribution in [0.2, 0.25) is 0 Å². The predicted molar refractivity (Wildman–Crippen MR) is 133 cm³/mol. The second-order valence-electron chi connectivity index (χ2n) is 9.14. The van der Waals surface area contributed by atoms with Crippen LogP contribution in [0.1, 0.15) is 30.9 Å². The number of carboxylic acid groups (broad SMARTS) is 1. The Morgan fingerprint density at radius 1 is 0.763 bits per heavy atom. The van der Waals surface area contributed by atoms with E-state index in [9.17, 15) is 24.3 Å². The maximum Gasteiger partial charge on any atom is 0.326 e. The molecule has 0 aliphatic carbocycles. The van der Waals surface area contributed by atoms with E-state index in [-0.39, 0.29) is 19.3 Å². The zero-order chi connectivity index (χ0) is 27.7. The standard InChI is InChI=1S/C23H32N10O5/c1-12(2)19(23(37)38)33-22(36)18(5-15-8-27-11-30-15)32-21(35)17(4-14-7-26-10-29-14)31-20(34)16(24)3-13-6-25-9-28-13/h6-12,16-19H,3-5,24H2,1-2H3,(H,25,28)(H,26,29)(H,27,30)(H,31,34)(H,32,35)(H,33,36)(H,37,38). The predicted octanol–water partition coefficient (Wildman–Crippen LogP) is -1.59. The average Bonchev–Trinajstić information content (AvgIpc) is 3.65. The lowest BCUT2D eigenvalue weighted by atomic mass is 10.0. The number of nitrogens with two attached hydrogens (primary N) is 1. The molecule has 0 bridgehead atoms. The number of imidazole rings is 3. The lowest BCUT2D eigenvalue weighted by Gasteiger charge is -2.25. The SMILES string of the molecule is CC(C)C(NC(=O)C(Cc1cnc[nH]1)NC(=O)C(Cc1cnc[nH]1)NC(=O)C(N)Cc1cnc[nH]1)C(=O)O. The van der Waals surface area contributed by atoms with E-state index in [1.54, 1.807) is 20.0 Å². The van der Waals surface area contributed by atoms with Crippen LogP contribution in [0.15, 0.2) is 37.6 Å². The van der Waals surface area contributed by atoms with E-state index in [1.807, 2.05) is 0 Å². The summed E-state index contributed by atoms with van der Waals surface area (Å²) in [5, 5.41) is 17.3. The molecule has 3 aromatic heterocycles. The topological polar surface area (TPSA) is 237 Å². The van der Waals surface area contributed by atoms with Crippen molar-refractivity contribution in [2.24, 2.45) is 11.7 Å². The van der Waals surface area contributed by atoms with Gasteiger partial charge >= 0.3 is 5.97 Å². The molecule has 0 saturated heterocycles. The molecular weight excluding hydrogens is 496 g/mol. The van der Waals surface area contributed by atoms with Crippen LogP contribution in [0.25, 0.3) is 0 Å². The summed E-state index contributed by atoms with van der Waals surface area (Å²) in [5.41, 5.74) is 7.79. The molecule has 9 N–H and O–H groups in total. The van der Waals surface area contributed by atoms with Crippen molar-refractivity contribution in [3.8, 4) is 0 Å². The van der Waals surface area contributed by atoms with E-state index in [2.05, 4.69) is 45.9 Å². The van der Waals surface area contributed by atoms with Crippen molar-refractivity contribution in [3.63, 3.8) is 0 Å². The molecule has 38 heavy (non-hydrogen) atoms. The fraction of sp³-hybridized carbons (Fsp3) is 0.435. The van der Waals surface area contributed by atoms with Crippen LogP contribution < -0.4 is 21.7 Å². The summed E-state index contributed by atoms with van der Waals surface area (Å²) < 4.78 is 0. The minimum Gasteiger partial charge on any atom is -0.480 e. The molecule has 15 heteroatoms. The van der Waals surface area contributed by atoms with E-state index in [0.717, 1.165) is 0 Å². The Labute approximate surface area is 217 Å². The number of carboxylic acids is 1. The number of hydrogen-bond acceptors (Lipinski definition) is 8. The smallest absolute Gasteiger partial charge is 0.326 e. The van der Waals surface area contributed by atoms with Gasteiger partial charge in [-0.2, -0.15) is 0 Å². The zero-order valence-corrected chi connectivity index (χ0v) is 21.0. The summed E-state index contributed by atoms with van der Waals surface area (Å²) >= 11 is 0. The molecule has 0 fully saturated rings. The van der Waals surface area contributed by atoms with E-state index < -0.39 is 53.8 Å². The third-order valence-corrected chi connectivity index (χ3v) is 5.79. The van der Waals surface area contributed by atoms with Crippen LogP contribution in [0, 0.1) is 5.92 Å². The molecule has 0 spiro atoms. The molecule has 4 unspecified atom stereocenters. The first-order chi connectivity index (χ1) is 18.1. The number of aliphatic carboxylic acids is 1. The Morgan fingerprint density at radius 2 is 1.18 bits per heavy atom. The fourth-order valence-corrected chi connectivity index (χ4v) is 3.70. The number of nitrogens with zero attached hydrogens (tertiary/aromatic N) is 3. The number of hydrogen-bond donors (Lipinski definition) is 8. The van der Waals surface area contributed by atoms with Crippen LogP contribution in [0.5, 0.6) is 0 Å². The summed E-state index contributed by atoms with van der Waals surface area (Å²) in [6.07, 6.45) is 9.07. The molecule has 3 amide bonds. The van der Waals surface area contributed by atoms with Crippen molar-refractivity contribution in [2.45, 2.75) is 57.3 Å². The highest BCUT2D eigenvalue weighted by Gasteiger charge is 2.32. The van der Waals surface area contributed by atoms with Gasteiger partial charge in [0.05, 0.1) is 25.0 Å². The van der Waals surface area contributed by atoms with Crippen LogP contribution in [-0.2, 0) is 38.4 Å². The van der Waals surface area contributed by atoms with E-state index >= 15 is 0 Å². The number of aromatic amines is 3. The molecule has 0 radical (unpaired) electrons. The average molecular weight is 529 g/mol. The van der Waals surface area contributed by atoms with Crippen molar-refractivity contribution in [3.05, 3.63) is 54.7 Å². The van der Waals surface area contributed by atoms with Gasteiger partial charge in [0.1, 0.15) is 18.1 Å². The van der Waals surface area contributed by atoms with Crippen LogP contribution in [-0.4, -0.2) is 82.9 Å². The molecule has 0 aromatic carbocycles. The normalized spacial score (nSPS) is 14.3. The van der Waals surface area contributed by atoms with Crippen molar-refractivity contribution in [1.82, 2.24) is 45.9 Å². The van der Waals surface area contributed by atoms with E-state index in [1.165, 1.54) is 31.4 Å². The summed E-state index contributed by atoms with van der Waals surface area (Å²) in [6.45, 7) is 3.31. The zero-order valence-electron chi connectivity index (χ0n) is 21.0. The first kappa shape index (κ1) is 28.0. The van der Waals surface area contributed by atoms with E-state index in [0.29, 0.717) is 17.1 Å². The van der Waals surface area contributed by atoms with Crippen molar-refractivity contribution >= 4 is 23.7 Å². The summed E-state index contributed by atoms with van der Waals surface area (Å²) in [5.74, 6) is -3.55. The minimum absolute atomic E-state index is 0.00602. The highest BCUT2D eigenvalue weighted by molar-refractivity contribution is 5.94. The van der Waals surface area contributed by atoms with Gasteiger partial charge in [0.15, 0.2) is 0 Å². The molecular formula is C23H32N10O5. The number of rotatable bonds is 14. The van der Waals surface area contributed by atoms with Gasteiger partial charge in [-0.3, -0.25) is 14.4 Å². The van der Waals surface area contributed by atoms with Crippen LogP contribution in [0.3, 0.4) is 0 Å². The van der Waals surface area contributed by atoms with E-state index in [4.69, 9.17) is 5.73 Å². The monoisotopic (exact) mass is 528 g/mol. The summed E-state index contributed by atoms with van der Waals surface area (Å²) in [7, 11) is 0. The second-order valence-corrected chi connectivity index (χ2v) is 9.14. The number of amides is 3. The summed E-state index contributed by atoms with van der Waals surface area (Å²) in [6, 6.07) is -4.42. The molecule has 3 heterocycles. The lowest BCUT2D eigenvalue weighted by molar-refractivity contribution is -0.143. The van der Waals surface area contributed by atoms with Gasteiger partial charge in [0.2, 0.25) is 17.7 Å². The first-order valence-corrected chi connectivity index (χ1v) is 11.9. The van der Waals surface area contributed by atoms with Gasteiger partial charge in [0, 0.05) is 54.9 Å². The van der Waals surface area contributed by atoms with Crippen molar-refractivity contribution in [1.29, 1.82) is 0 Å². The molecule has 0 aliphatic heterocycles. The number of aromatic nitrogens is 6. The van der Waals surface area contributed by atoms with Gasteiger partial charge in [-0.25, -0.2) is 19.7 Å². The van der Waals surface area contributed by atoms with Gasteiger partial charge < -0.3 is 41.7 Å². The number of carbonyl (C=O) groups is 4. The maximum absolute atomic E-state index is 13.4. The quantitative estimate of drug-likeness (QED) is 0.120. The Kier molecular flexibility index (Phi) is 9.70. The second kappa shape index (κ2) is 13.1. The van der Waals surface area contributed by atoms with Crippen LogP contribution in [0.4, 0.5) is 0 Å². The molecule has 15 nitrogen and oxygen atoms in total. The number of carbonyl (C=O) groups excluding carboxylic acids is 3. The Morgan fingerprint density at radius 3 is 1.58 bits per heavy atom. The van der Waals surface area contributed by atoms with Gasteiger partial charge in [-0.05, 0) is 5.92 Å². The molecule has 4 atom stereocenters. The Hall–Kier alpha value is -4.53. The van der Waals surface area contributed by atoms with Crippen molar-refractivity contribution < 1.29 is 24.3 Å². The third kappa shape index (κ3) is 7.99. The maximum atomic E-state index is 13.4. The van der Waals surface area contributed by atoms with Gasteiger partial charge in [0.25, 0.3) is 0 Å². The molecule has 3 rings (SSSR count). The Bertz CT molecular complexity index is 1180. The number of nitrogens with one attached hydrogen (secondary N) is 6. The minimum atomic E-state index is -1.20. The van der Waals surface area contributed by atoms with Gasteiger partial charge in [-0.1, -0.05) is 13.8 Å². The molecule has 0 aliphatic rings.